The molecule has 0 spiro atoms. The molecule has 3 aliphatic rings. The summed E-state index contributed by atoms with van der Waals surface area (Å²) in [5.41, 5.74) is 1.40. The average Bonchev–Trinajstić information content (AvgIpc) is 2.75. The first-order valence-electron chi connectivity index (χ1n) is 10.8. The number of hydrogen-bond donors (Lipinski definition) is 1. The fraction of sp³-hybridized carbons (Fsp3) is 0.636. The van der Waals surface area contributed by atoms with E-state index in [1.54, 1.807) is 0 Å². The molecule has 1 aromatic carbocycles. The van der Waals surface area contributed by atoms with Crippen LogP contribution in [0.15, 0.2) is 30.3 Å². The maximum absolute atomic E-state index is 12.9. The summed E-state index contributed by atoms with van der Waals surface area (Å²) in [5, 5.41) is 2.93. The number of carbonyl (C=O) groups excluding carboxylic acids is 2. The summed E-state index contributed by atoms with van der Waals surface area (Å²) in [4.78, 5) is 31.0. The minimum Gasteiger partial charge on any atom is -0.338 e. The lowest BCUT2D eigenvalue weighted by molar-refractivity contribution is 0.0965. The Kier molecular flexibility index (Phi) is 6.03. The number of piperidine rings is 2. The maximum atomic E-state index is 12.9. The first-order chi connectivity index (χ1) is 13.7. The van der Waals surface area contributed by atoms with Gasteiger partial charge in [0.15, 0.2) is 0 Å². The SMILES string of the molecule is O=C(N1CCC(Cc2ccccc2)CC1)N1CCC(N2CCCNC2=O)CC1. The van der Waals surface area contributed by atoms with E-state index in [0.717, 1.165) is 77.8 Å². The molecular weight excluding hydrogens is 352 g/mol. The molecule has 0 unspecified atom stereocenters. The van der Waals surface area contributed by atoms with E-state index in [-0.39, 0.29) is 18.1 Å². The van der Waals surface area contributed by atoms with Crippen molar-refractivity contribution >= 4 is 12.1 Å². The van der Waals surface area contributed by atoms with Crippen LogP contribution < -0.4 is 5.32 Å². The number of likely N-dealkylation sites (tertiary alicyclic amines) is 2. The van der Waals surface area contributed by atoms with Gasteiger partial charge in [0.05, 0.1) is 0 Å². The molecule has 1 N–H and O–H groups in total. The van der Waals surface area contributed by atoms with Gasteiger partial charge in [-0.25, -0.2) is 9.59 Å². The Morgan fingerprint density at radius 3 is 2.21 bits per heavy atom. The predicted octanol–water partition coefficient (Wildman–Crippen LogP) is 2.94. The van der Waals surface area contributed by atoms with Gasteiger partial charge in [-0.2, -0.15) is 0 Å². The first-order valence-corrected chi connectivity index (χ1v) is 10.8. The van der Waals surface area contributed by atoms with Crippen LogP contribution in [0.5, 0.6) is 0 Å². The summed E-state index contributed by atoms with van der Waals surface area (Å²) >= 11 is 0. The summed E-state index contributed by atoms with van der Waals surface area (Å²) in [5.74, 6) is 0.676. The predicted molar refractivity (Wildman–Crippen MR) is 109 cm³/mol. The molecule has 0 aromatic heterocycles. The van der Waals surface area contributed by atoms with Gasteiger partial charge >= 0.3 is 12.1 Å². The van der Waals surface area contributed by atoms with Crippen molar-refractivity contribution in [2.24, 2.45) is 5.92 Å². The fourth-order valence-electron chi connectivity index (χ4n) is 4.84. The van der Waals surface area contributed by atoms with Crippen LogP contribution in [-0.4, -0.2) is 72.1 Å². The molecule has 3 saturated heterocycles. The van der Waals surface area contributed by atoms with Crippen molar-refractivity contribution in [1.82, 2.24) is 20.0 Å². The molecule has 0 aliphatic carbocycles. The van der Waals surface area contributed by atoms with E-state index in [0.29, 0.717) is 5.92 Å². The number of rotatable bonds is 3. The Balaban J connectivity index is 1.22. The lowest BCUT2D eigenvalue weighted by atomic mass is 9.90. The number of nitrogens with one attached hydrogen (secondary N) is 1. The molecule has 152 valence electrons. The molecule has 6 nitrogen and oxygen atoms in total. The lowest BCUT2D eigenvalue weighted by Crippen LogP contribution is -2.56. The van der Waals surface area contributed by atoms with E-state index in [1.807, 2.05) is 14.7 Å². The summed E-state index contributed by atoms with van der Waals surface area (Å²) in [6.45, 7) is 4.89. The lowest BCUT2D eigenvalue weighted by Gasteiger charge is -2.42. The van der Waals surface area contributed by atoms with E-state index < -0.39 is 0 Å². The van der Waals surface area contributed by atoms with Crippen LogP contribution in [-0.2, 0) is 6.42 Å². The third-order valence-electron chi connectivity index (χ3n) is 6.54. The van der Waals surface area contributed by atoms with E-state index in [1.165, 1.54) is 5.56 Å². The number of urea groups is 2. The van der Waals surface area contributed by atoms with Crippen molar-refractivity contribution in [1.29, 1.82) is 0 Å². The Bertz CT molecular complexity index is 664. The molecule has 0 saturated carbocycles. The molecule has 0 bridgehead atoms. The van der Waals surface area contributed by atoms with Crippen molar-refractivity contribution in [3.8, 4) is 0 Å². The van der Waals surface area contributed by atoms with Gasteiger partial charge in [0.2, 0.25) is 0 Å². The van der Waals surface area contributed by atoms with Gasteiger partial charge in [-0.3, -0.25) is 0 Å². The Morgan fingerprint density at radius 2 is 1.57 bits per heavy atom. The van der Waals surface area contributed by atoms with Gasteiger partial charge in [0.25, 0.3) is 0 Å². The Hall–Kier alpha value is -2.24. The number of benzene rings is 1. The second-order valence-electron chi connectivity index (χ2n) is 8.40. The Labute approximate surface area is 167 Å². The highest BCUT2D eigenvalue weighted by Crippen LogP contribution is 2.24. The van der Waals surface area contributed by atoms with Gasteiger partial charge in [-0.15, -0.1) is 0 Å². The van der Waals surface area contributed by atoms with E-state index in [9.17, 15) is 9.59 Å². The monoisotopic (exact) mass is 384 g/mol. The number of amides is 4. The molecule has 3 fully saturated rings. The smallest absolute Gasteiger partial charge is 0.320 e. The second kappa shape index (κ2) is 8.84. The molecule has 1 aromatic rings. The molecule has 3 aliphatic heterocycles. The quantitative estimate of drug-likeness (QED) is 0.871. The van der Waals surface area contributed by atoms with Crippen molar-refractivity contribution < 1.29 is 9.59 Å². The van der Waals surface area contributed by atoms with Crippen LogP contribution in [0.4, 0.5) is 9.59 Å². The zero-order valence-electron chi connectivity index (χ0n) is 16.7. The minimum absolute atomic E-state index is 0.0662. The van der Waals surface area contributed by atoms with E-state index in [4.69, 9.17) is 0 Å². The third kappa shape index (κ3) is 4.42. The van der Waals surface area contributed by atoms with Crippen LogP contribution in [0, 0.1) is 5.92 Å². The standard InChI is InChI=1S/C22H32N4O2/c27-21-23-11-4-12-26(21)20-9-15-25(16-10-20)22(28)24-13-7-19(8-14-24)17-18-5-2-1-3-6-18/h1-3,5-6,19-20H,4,7-17H2,(H,23,27). The number of nitrogens with zero attached hydrogens (tertiary/aromatic N) is 3. The van der Waals surface area contributed by atoms with Gasteiger partial charge in [-0.1, -0.05) is 30.3 Å². The van der Waals surface area contributed by atoms with Crippen LogP contribution in [0.3, 0.4) is 0 Å². The van der Waals surface area contributed by atoms with Crippen molar-refractivity contribution in [2.45, 2.75) is 44.6 Å². The fourth-order valence-corrected chi connectivity index (χ4v) is 4.84. The van der Waals surface area contributed by atoms with Crippen LogP contribution >= 0.6 is 0 Å². The summed E-state index contributed by atoms with van der Waals surface area (Å²) < 4.78 is 0. The second-order valence-corrected chi connectivity index (χ2v) is 8.40. The molecule has 4 rings (SSSR count). The highest BCUT2D eigenvalue weighted by Gasteiger charge is 2.33. The average molecular weight is 385 g/mol. The van der Waals surface area contributed by atoms with Crippen molar-refractivity contribution in [3.05, 3.63) is 35.9 Å². The molecule has 6 heteroatoms. The van der Waals surface area contributed by atoms with Gasteiger partial charge < -0.3 is 20.0 Å². The van der Waals surface area contributed by atoms with Crippen molar-refractivity contribution in [2.75, 3.05) is 39.3 Å². The van der Waals surface area contributed by atoms with Gasteiger partial charge in [0.1, 0.15) is 0 Å². The van der Waals surface area contributed by atoms with Crippen LogP contribution in [0.25, 0.3) is 0 Å². The zero-order chi connectivity index (χ0) is 19.3. The maximum Gasteiger partial charge on any atom is 0.320 e. The molecule has 0 radical (unpaired) electrons. The van der Waals surface area contributed by atoms with E-state index >= 15 is 0 Å². The van der Waals surface area contributed by atoms with E-state index in [2.05, 4.69) is 35.6 Å². The highest BCUT2D eigenvalue weighted by molar-refractivity contribution is 5.76. The van der Waals surface area contributed by atoms with Gasteiger partial charge in [0, 0.05) is 45.3 Å². The Morgan fingerprint density at radius 1 is 0.929 bits per heavy atom. The number of carbonyl (C=O) groups is 2. The summed E-state index contributed by atoms with van der Waals surface area (Å²) in [7, 11) is 0. The first kappa shape index (κ1) is 19.1. The normalized spacial score (nSPS) is 22.3. The minimum atomic E-state index is 0.0662. The molecule has 28 heavy (non-hydrogen) atoms. The summed E-state index contributed by atoms with van der Waals surface area (Å²) in [6, 6.07) is 11.2. The molecule has 4 amide bonds. The highest BCUT2D eigenvalue weighted by atomic mass is 16.2. The summed E-state index contributed by atoms with van der Waals surface area (Å²) in [6.07, 6.45) is 6.10. The van der Waals surface area contributed by atoms with Crippen molar-refractivity contribution in [3.63, 3.8) is 0 Å². The molecule has 3 heterocycles. The topological polar surface area (TPSA) is 55.9 Å². The largest absolute Gasteiger partial charge is 0.338 e. The van der Waals surface area contributed by atoms with Crippen LogP contribution in [0.1, 0.15) is 37.7 Å². The number of hydrogen-bond acceptors (Lipinski definition) is 2. The zero-order valence-corrected chi connectivity index (χ0v) is 16.7. The van der Waals surface area contributed by atoms with Gasteiger partial charge in [-0.05, 0) is 50.0 Å². The molecule has 0 atom stereocenters. The third-order valence-corrected chi connectivity index (χ3v) is 6.54. The molecular formula is C22H32N4O2. The van der Waals surface area contributed by atoms with Crippen LogP contribution in [0.2, 0.25) is 0 Å².